The molecule has 0 atom stereocenters. The molecule has 1 aliphatic rings. The number of aromatic nitrogens is 4. The van der Waals surface area contributed by atoms with Gasteiger partial charge in [-0.2, -0.15) is 5.10 Å². The summed E-state index contributed by atoms with van der Waals surface area (Å²) in [5.74, 6) is 1.39. The van der Waals surface area contributed by atoms with E-state index in [1.807, 2.05) is 24.3 Å². The Labute approximate surface area is 146 Å². The third-order valence-corrected chi connectivity index (χ3v) is 4.34. The Morgan fingerprint density at radius 2 is 2.20 bits per heavy atom. The van der Waals surface area contributed by atoms with Crippen molar-refractivity contribution >= 4 is 6.01 Å². The summed E-state index contributed by atoms with van der Waals surface area (Å²) >= 11 is 0. The number of ether oxygens (including phenoxy) is 1. The molecular weight excluding hydrogens is 318 g/mol. The third kappa shape index (κ3) is 3.65. The zero-order valence-electron chi connectivity index (χ0n) is 14.2. The SMILES string of the molecule is COc1cccc(Cc2nnc(NCc3cc4n(n3)CCCC4)o2)c1. The number of nitrogens with one attached hydrogen (secondary N) is 1. The molecule has 130 valence electrons. The number of rotatable bonds is 6. The van der Waals surface area contributed by atoms with Crippen molar-refractivity contribution in [2.45, 2.75) is 38.8 Å². The van der Waals surface area contributed by atoms with Crippen LogP contribution in [0.15, 0.2) is 34.7 Å². The number of benzene rings is 1. The topological polar surface area (TPSA) is 78.0 Å². The van der Waals surface area contributed by atoms with Gasteiger partial charge in [-0.3, -0.25) is 4.68 Å². The molecule has 0 amide bonds. The second-order valence-electron chi connectivity index (χ2n) is 6.19. The normalized spacial score (nSPS) is 13.5. The highest BCUT2D eigenvalue weighted by molar-refractivity contribution is 5.30. The zero-order valence-corrected chi connectivity index (χ0v) is 14.2. The van der Waals surface area contributed by atoms with Gasteiger partial charge in [0.25, 0.3) is 0 Å². The fourth-order valence-corrected chi connectivity index (χ4v) is 3.08. The van der Waals surface area contributed by atoms with Crippen LogP contribution in [0.3, 0.4) is 0 Å². The molecule has 0 spiro atoms. The molecule has 7 heteroatoms. The standard InChI is InChI=1S/C18H21N5O2/c1-24-16-7-4-5-13(9-16)10-17-20-21-18(25-17)19-12-14-11-15-6-2-3-8-23(15)22-14/h4-5,7,9,11H,2-3,6,8,10,12H2,1H3,(H,19,21). The highest BCUT2D eigenvalue weighted by Crippen LogP contribution is 2.18. The van der Waals surface area contributed by atoms with E-state index < -0.39 is 0 Å². The smallest absolute Gasteiger partial charge is 0.315 e. The molecule has 0 aliphatic carbocycles. The first-order chi connectivity index (χ1) is 12.3. The highest BCUT2D eigenvalue weighted by atomic mass is 16.5. The monoisotopic (exact) mass is 339 g/mol. The third-order valence-electron chi connectivity index (χ3n) is 4.34. The number of hydrogen-bond donors (Lipinski definition) is 1. The summed E-state index contributed by atoms with van der Waals surface area (Å²) in [5, 5.41) is 15.9. The van der Waals surface area contributed by atoms with Gasteiger partial charge in [-0.25, -0.2) is 0 Å². The second-order valence-corrected chi connectivity index (χ2v) is 6.19. The van der Waals surface area contributed by atoms with Crippen molar-refractivity contribution in [1.29, 1.82) is 0 Å². The van der Waals surface area contributed by atoms with Crippen molar-refractivity contribution in [2.75, 3.05) is 12.4 Å². The molecule has 0 saturated carbocycles. The fraction of sp³-hybridized carbons (Fsp3) is 0.389. The van der Waals surface area contributed by atoms with Gasteiger partial charge in [0.15, 0.2) is 0 Å². The summed E-state index contributed by atoms with van der Waals surface area (Å²) < 4.78 is 13.0. The Bertz CT molecular complexity index is 831. The predicted octanol–water partition coefficient (Wildman–Crippen LogP) is 2.81. The van der Waals surface area contributed by atoms with Crippen LogP contribution in [0.5, 0.6) is 5.75 Å². The minimum Gasteiger partial charge on any atom is -0.497 e. The molecule has 1 N–H and O–H groups in total. The first kappa shape index (κ1) is 15.7. The van der Waals surface area contributed by atoms with Crippen molar-refractivity contribution in [2.24, 2.45) is 0 Å². The van der Waals surface area contributed by atoms with Gasteiger partial charge in [-0.15, -0.1) is 5.10 Å². The summed E-state index contributed by atoms with van der Waals surface area (Å²) in [7, 11) is 1.65. The Balaban J connectivity index is 1.37. The molecule has 3 heterocycles. The molecule has 25 heavy (non-hydrogen) atoms. The average molecular weight is 339 g/mol. The molecule has 2 aromatic heterocycles. The molecular formula is C18H21N5O2. The summed E-state index contributed by atoms with van der Waals surface area (Å²) in [6, 6.07) is 10.4. The molecule has 4 rings (SSSR count). The van der Waals surface area contributed by atoms with Crippen molar-refractivity contribution < 1.29 is 9.15 Å². The van der Waals surface area contributed by atoms with Gasteiger partial charge in [0.1, 0.15) is 5.75 Å². The molecule has 0 saturated heterocycles. The quantitative estimate of drug-likeness (QED) is 0.744. The van der Waals surface area contributed by atoms with Crippen LogP contribution < -0.4 is 10.1 Å². The Kier molecular flexibility index (Phi) is 4.37. The molecule has 1 aromatic carbocycles. The van der Waals surface area contributed by atoms with E-state index in [1.54, 1.807) is 7.11 Å². The highest BCUT2D eigenvalue weighted by Gasteiger charge is 2.13. The maximum absolute atomic E-state index is 5.68. The number of nitrogens with zero attached hydrogens (tertiary/aromatic N) is 4. The molecule has 0 unspecified atom stereocenters. The molecule has 1 aliphatic heterocycles. The number of hydrogen-bond acceptors (Lipinski definition) is 6. The van der Waals surface area contributed by atoms with Crippen molar-refractivity contribution in [1.82, 2.24) is 20.0 Å². The Morgan fingerprint density at radius 1 is 1.24 bits per heavy atom. The summed E-state index contributed by atoms with van der Waals surface area (Å²) in [6.45, 7) is 1.60. The Morgan fingerprint density at radius 3 is 3.08 bits per heavy atom. The van der Waals surface area contributed by atoms with Crippen LogP contribution in [0.1, 0.15) is 35.7 Å². The maximum Gasteiger partial charge on any atom is 0.315 e. The molecule has 7 nitrogen and oxygen atoms in total. The van der Waals surface area contributed by atoms with E-state index in [-0.39, 0.29) is 0 Å². The number of aryl methyl sites for hydroxylation is 2. The lowest BCUT2D eigenvalue weighted by atomic mass is 10.1. The van der Waals surface area contributed by atoms with E-state index in [9.17, 15) is 0 Å². The predicted molar refractivity (Wildman–Crippen MR) is 92.6 cm³/mol. The van der Waals surface area contributed by atoms with Gasteiger partial charge in [-0.05, 0) is 43.0 Å². The van der Waals surface area contributed by atoms with Crippen LogP contribution in [0, 0.1) is 0 Å². The van der Waals surface area contributed by atoms with Crippen LogP contribution in [0.4, 0.5) is 6.01 Å². The zero-order chi connectivity index (χ0) is 17.1. The molecule has 0 bridgehead atoms. The van der Waals surface area contributed by atoms with Crippen LogP contribution in [-0.4, -0.2) is 27.1 Å². The van der Waals surface area contributed by atoms with Gasteiger partial charge in [-0.1, -0.05) is 17.2 Å². The lowest BCUT2D eigenvalue weighted by molar-refractivity contribution is 0.414. The minimum absolute atomic E-state index is 0.420. The Hall–Kier alpha value is -2.83. The lowest BCUT2D eigenvalue weighted by Gasteiger charge is -2.11. The van der Waals surface area contributed by atoms with E-state index in [0.29, 0.717) is 24.9 Å². The number of anilines is 1. The van der Waals surface area contributed by atoms with Gasteiger partial charge in [0.2, 0.25) is 5.89 Å². The summed E-state index contributed by atoms with van der Waals surface area (Å²) in [6.07, 6.45) is 4.14. The second kappa shape index (κ2) is 6.96. The van der Waals surface area contributed by atoms with E-state index in [1.165, 1.54) is 18.5 Å². The molecule has 0 fully saturated rings. The van der Waals surface area contributed by atoms with Crippen LogP contribution >= 0.6 is 0 Å². The number of methoxy groups -OCH3 is 1. The van der Waals surface area contributed by atoms with Crippen LogP contribution in [-0.2, 0) is 25.9 Å². The van der Waals surface area contributed by atoms with Gasteiger partial charge < -0.3 is 14.5 Å². The first-order valence-electron chi connectivity index (χ1n) is 8.55. The summed E-state index contributed by atoms with van der Waals surface area (Å²) in [4.78, 5) is 0. The van der Waals surface area contributed by atoms with E-state index in [0.717, 1.165) is 30.0 Å². The fourth-order valence-electron chi connectivity index (χ4n) is 3.08. The maximum atomic E-state index is 5.68. The van der Waals surface area contributed by atoms with Crippen molar-refractivity contribution in [3.63, 3.8) is 0 Å². The molecule has 3 aromatic rings. The molecule has 0 radical (unpaired) electrons. The van der Waals surface area contributed by atoms with Crippen molar-refractivity contribution in [3.05, 3.63) is 53.2 Å². The largest absolute Gasteiger partial charge is 0.497 e. The minimum atomic E-state index is 0.420. The van der Waals surface area contributed by atoms with Crippen LogP contribution in [0.2, 0.25) is 0 Å². The van der Waals surface area contributed by atoms with Gasteiger partial charge in [0, 0.05) is 12.2 Å². The van der Waals surface area contributed by atoms with Gasteiger partial charge >= 0.3 is 6.01 Å². The first-order valence-corrected chi connectivity index (χ1v) is 8.55. The summed E-state index contributed by atoms with van der Waals surface area (Å²) in [5.41, 5.74) is 3.38. The van der Waals surface area contributed by atoms with E-state index >= 15 is 0 Å². The van der Waals surface area contributed by atoms with E-state index in [4.69, 9.17) is 9.15 Å². The van der Waals surface area contributed by atoms with Crippen molar-refractivity contribution in [3.8, 4) is 5.75 Å². The average Bonchev–Trinajstić information content (AvgIpc) is 3.26. The van der Waals surface area contributed by atoms with Crippen LogP contribution in [0.25, 0.3) is 0 Å². The van der Waals surface area contributed by atoms with Gasteiger partial charge in [0.05, 0.1) is 25.8 Å². The van der Waals surface area contributed by atoms with E-state index in [2.05, 4.69) is 31.4 Å². The lowest BCUT2D eigenvalue weighted by Crippen LogP contribution is -2.11. The number of fused-ring (bicyclic) bond motifs is 1.